The minimum atomic E-state index is -0.317. The normalized spacial score (nSPS) is 11.3. The number of imidazole rings is 1. The van der Waals surface area contributed by atoms with Crippen LogP contribution in [0.5, 0.6) is 0 Å². The lowest BCUT2D eigenvalue weighted by Crippen LogP contribution is -2.40. The molecule has 0 saturated heterocycles. The second-order valence-corrected chi connectivity index (χ2v) is 8.39. The fourth-order valence-corrected chi connectivity index (χ4v) is 3.26. The third kappa shape index (κ3) is 4.64. The molecule has 0 bridgehead atoms. The lowest BCUT2D eigenvalue weighted by Gasteiger charge is -2.20. The molecular formula is C25H24N4O2. The fraction of sp³-hybridized carbons (Fsp3) is 0.160. The van der Waals surface area contributed by atoms with Gasteiger partial charge >= 0.3 is 0 Å². The number of para-hydroxylation sites is 2. The first-order valence-electron chi connectivity index (χ1n) is 10.1. The molecule has 4 rings (SSSR count). The van der Waals surface area contributed by atoms with Crippen LogP contribution in [0.15, 0.2) is 79.1 Å². The van der Waals surface area contributed by atoms with E-state index in [1.165, 1.54) is 0 Å². The summed E-state index contributed by atoms with van der Waals surface area (Å²) in [6.45, 7) is 5.77. The maximum absolute atomic E-state index is 12.6. The summed E-state index contributed by atoms with van der Waals surface area (Å²) in [5.74, 6) is -0.398. The first-order chi connectivity index (χ1) is 14.8. The fourth-order valence-electron chi connectivity index (χ4n) is 3.26. The van der Waals surface area contributed by atoms with Crippen LogP contribution in [0.1, 0.15) is 41.5 Å². The van der Waals surface area contributed by atoms with Crippen LogP contribution in [0.3, 0.4) is 0 Å². The molecule has 0 unspecified atom stereocenters. The van der Waals surface area contributed by atoms with Gasteiger partial charge in [-0.3, -0.25) is 14.2 Å². The van der Waals surface area contributed by atoms with Crippen LogP contribution in [0.2, 0.25) is 0 Å². The molecule has 0 atom stereocenters. The van der Waals surface area contributed by atoms with Gasteiger partial charge in [0.05, 0.1) is 11.0 Å². The summed E-state index contributed by atoms with van der Waals surface area (Å²) in [6.07, 6.45) is 1.79. The number of nitrogens with one attached hydrogen (secondary N) is 2. The number of anilines is 1. The molecule has 0 saturated carbocycles. The van der Waals surface area contributed by atoms with Crippen molar-refractivity contribution in [1.82, 2.24) is 14.9 Å². The molecule has 6 heteroatoms. The van der Waals surface area contributed by atoms with E-state index in [0.29, 0.717) is 16.8 Å². The van der Waals surface area contributed by atoms with Gasteiger partial charge in [0.1, 0.15) is 6.33 Å². The predicted octanol–water partition coefficient (Wildman–Crippen LogP) is 4.81. The van der Waals surface area contributed by atoms with Crippen molar-refractivity contribution in [3.05, 3.63) is 90.3 Å². The summed E-state index contributed by atoms with van der Waals surface area (Å²) in [5, 5.41) is 5.80. The first kappa shape index (κ1) is 20.3. The number of rotatable bonds is 4. The topological polar surface area (TPSA) is 76.0 Å². The molecule has 0 spiro atoms. The van der Waals surface area contributed by atoms with Crippen molar-refractivity contribution < 1.29 is 9.59 Å². The van der Waals surface area contributed by atoms with Gasteiger partial charge in [-0.05, 0) is 81.4 Å². The number of carbonyl (C=O) groups excluding carboxylic acids is 2. The Morgan fingerprint density at radius 1 is 0.806 bits per heavy atom. The minimum Gasteiger partial charge on any atom is -0.347 e. The van der Waals surface area contributed by atoms with Gasteiger partial charge < -0.3 is 10.6 Å². The van der Waals surface area contributed by atoms with Crippen molar-refractivity contribution in [2.24, 2.45) is 0 Å². The van der Waals surface area contributed by atoms with Crippen LogP contribution in [-0.2, 0) is 0 Å². The Bertz CT molecular complexity index is 1230. The Morgan fingerprint density at radius 3 is 2.06 bits per heavy atom. The van der Waals surface area contributed by atoms with Crippen molar-refractivity contribution in [2.45, 2.75) is 26.3 Å². The smallest absolute Gasteiger partial charge is 0.255 e. The predicted molar refractivity (Wildman–Crippen MR) is 123 cm³/mol. The van der Waals surface area contributed by atoms with Gasteiger partial charge in [0.25, 0.3) is 11.8 Å². The van der Waals surface area contributed by atoms with Gasteiger partial charge in [-0.2, -0.15) is 0 Å². The number of benzene rings is 3. The molecule has 0 aliphatic heterocycles. The van der Waals surface area contributed by atoms with Gasteiger partial charge in [-0.1, -0.05) is 12.1 Å². The Morgan fingerprint density at radius 2 is 1.42 bits per heavy atom. The number of hydrogen-bond donors (Lipinski definition) is 2. The molecule has 1 aromatic heterocycles. The molecule has 0 fully saturated rings. The van der Waals surface area contributed by atoms with Crippen LogP contribution < -0.4 is 10.6 Å². The van der Waals surface area contributed by atoms with E-state index in [1.54, 1.807) is 30.6 Å². The molecule has 0 radical (unpaired) electrons. The average molecular weight is 412 g/mol. The quantitative estimate of drug-likeness (QED) is 0.505. The van der Waals surface area contributed by atoms with Crippen molar-refractivity contribution in [3.63, 3.8) is 0 Å². The van der Waals surface area contributed by atoms with Crippen molar-refractivity contribution >= 4 is 28.5 Å². The van der Waals surface area contributed by atoms with E-state index in [-0.39, 0.29) is 17.4 Å². The number of aromatic nitrogens is 2. The largest absolute Gasteiger partial charge is 0.347 e. The Balaban J connectivity index is 1.45. The molecule has 2 N–H and O–H groups in total. The Hall–Kier alpha value is -3.93. The zero-order valence-electron chi connectivity index (χ0n) is 17.7. The Labute approximate surface area is 180 Å². The van der Waals surface area contributed by atoms with E-state index in [9.17, 15) is 9.59 Å². The standard InChI is InChI=1S/C25H24N4O2/c1-25(2,3)28-24(31)18-10-8-17(9-11-18)23(30)27-19-12-14-20(15-13-19)29-16-26-21-6-4-5-7-22(21)29/h4-16H,1-3H3,(H,27,30)(H,28,31). The highest BCUT2D eigenvalue weighted by Gasteiger charge is 2.16. The maximum atomic E-state index is 12.6. The van der Waals surface area contributed by atoms with E-state index in [4.69, 9.17) is 0 Å². The molecule has 0 aliphatic rings. The number of nitrogens with zero attached hydrogens (tertiary/aromatic N) is 2. The zero-order valence-corrected chi connectivity index (χ0v) is 17.7. The molecule has 156 valence electrons. The summed E-state index contributed by atoms with van der Waals surface area (Å²) in [7, 11) is 0. The van der Waals surface area contributed by atoms with Crippen molar-refractivity contribution in [2.75, 3.05) is 5.32 Å². The van der Waals surface area contributed by atoms with Gasteiger partial charge in [0.2, 0.25) is 0 Å². The van der Waals surface area contributed by atoms with Crippen molar-refractivity contribution in [1.29, 1.82) is 0 Å². The van der Waals surface area contributed by atoms with Gasteiger partial charge in [0.15, 0.2) is 0 Å². The van der Waals surface area contributed by atoms with E-state index >= 15 is 0 Å². The highest BCUT2D eigenvalue weighted by atomic mass is 16.2. The van der Waals surface area contributed by atoms with Crippen LogP contribution in [0.25, 0.3) is 16.7 Å². The maximum Gasteiger partial charge on any atom is 0.255 e. The van der Waals surface area contributed by atoms with Crippen LogP contribution in [0, 0.1) is 0 Å². The number of fused-ring (bicyclic) bond motifs is 1. The van der Waals surface area contributed by atoms with Crippen LogP contribution >= 0.6 is 0 Å². The molecular weight excluding hydrogens is 388 g/mol. The van der Waals surface area contributed by atoms with Gasteiger partial charge in [-0.15, -0.1) is 0 Å². The number of carbonyl (C=O) groups is 2. The first-order valence-corrected chi connectivity index (χ1v) is 10.1. The lowest BCUT2D eigenvalue weighted by molar-refractivity contribution is 0.0918. The Kier molecular flexibility index (Phi) is 5.29. The molecule has 0 aliphatic carbocycles. The summed E-state index contributed by atoms with van der Waals surface area (Å²) in [6, 6.07) is 22.1. The summed E-state index contributed by atoms with van der Waals surface area (Å²) in [4.78, 5) is 29.2. The summed E-state index contributed by atoms with van der Waals surface area (Å²) in [5.41, 5.74) is 4.28. The third-order valence-corrected chi connectivity index (χ3v) is 4.75. The van der Waals surface area contributed by atoms with Crippen LogP contribution in [-0.4, -0.2) is 26.9 Å². The molecule has 31 heavy (non-hydrogen) atoms. The van der Waals surface area contributed by atoms with Crippen LogP contribution in [0.4, 0.5) is 5.69 Å². The lowest BCUT2D eigenvalue weighted by atomic mass is 10.1. The summed E-state index contributed by atoms with van der Waals surface area (Å²) < 4.78 is 2.00. The minimum absolute atomic E-state index is 0.165. The molecule has 2 amide bonds. The zero-order chi connectivity index (χ0) is 22.0. The average Bonchev–Trinajstić information content (AvgIpc) is 3.17. The number of amides is 2. The van der Waals surface area contributed by atoms with E-state index in [1.807, 2.05) is 73.9 Å². The van der Waals surface area contributed by atoms with Crippen molar-refractivity contribution in [3.8, 4) is 5.69 Å². The van der Waals surface area contributed by atoms with Gasteiger partial charge in [0, 0.05) is 28.0 Å². The molecule has 3 aromatic carbocycles. The van der Waals surface area contributed by atoms with E-state index < -0.39 is 0 Å². The monoisotopic (exact) mass is 412 g/mol. The molecule has 4 aromatic rings. The highest BCUT2D eigenvalue weighted by Crippen LogP contribution is 2.20. The van der Waals surface area contributed by atoms with E-state index in [0.717, 1.165) is 16.7 Å². The molecule has 1 heterocycles. The highest BCUT2D eigenvalue weighted by molar-refractivity contribution is 6.05. The SMILES string of the molecule is CC(C)(C)NC(=O)c1ccc(C(=O)Nc2ccc(-n3cnc4ccccc43)cc2)cc1. The van der Waals surface area contributed by atoms with Gasteiger partial charge in [-0.25, -0.2) is 4.98 Å². The second-order valence-electron chi connectivity index (χ2n) is 8.39. The third-order valence-electron chi connectivity index (χ3n) is 4.75. The van der Waals surface area contributed by atoms with E-state index in [2.05, 4.69) is 15.6 Å². The summed E-state index contributed by atoms with van der Waals surface area (Å²) >= 11 is 0. The number of hydrogen-bond acceptors (Lipinski definition) is 3. The molecule has 6 nitrogen and oxygen atoms in total. The second kappa shape index (κ2) is 8.07.